The Labute approximate surface area is 139 Å². The molecule has 1 saturated carbocycles. The highest BCUT2D eigenvalue weighted by atomic mass is 16.5. The van der Waals surface area contributed by atoms with Crippen LogP contribution in [0.15, 0.2) is 18.3 Å². The van der Waals surface area contributed by atoms with Gasteiger partial charge in [0.2, 0.25) is 0 Å². The van der Waals surface area contributed by atoms with Crippen molar-refractivity contribution < 1.29 is 4.74 Å². The van der Waals surface area contributed by atoms with Crippen LogP contribution in [0, 0.1) is 19.8 Å². The first-order valence-corrected chi connectivity index (χ1v) is 8.82. The summed E-state index contributed by atoms with van der Waals surface area (Å²) in [5.74, 6) is 3.02. The van der Waals surface area contributed by atoms with E-state index in [4.69, 9.17) is 9.72 Å². The molecule has 1 atom stereocenters. The first-order chi connectivity index (χ1) is 11.1. The van der Waals surface area contributed by atoms with E-state index < -0.39 is 0 Å². The van der Waals surface area contributed by atoms with Gasteiger partial charge >= 0.3 is 0 Å². The Balaban J connectivity index is 2.04. The van der Waals surface area contributed by atoms with E-state index in [9.17, 15) is 0 Å². The summed E-state index contributed by atoms with van der Waals surface area (Å²) < 4.78 is 7.89. The number of ether oxygens (including phenoxy) is 1. The van der Waals surface area contributed by atoms with Crippen LogP contribution < -0.4 is 4.74 Å². The van der Waals surface area contributed by atoms with Crippen molar-refractivity contribution in [3.8, 4) is 17.0 Å². The van der Waals surface area contributed by atoms with Gasteiger partial charge in [-0.25, -0.2) is 4.98 Å². The van der Waals surface area contributed by atoms with Gasteiger partial charge in [-0.2, -0.15) is 0 Å². The van der Waals surface area contributed by atoms with E-state index in [1.165, 1.54) is 36.2 Å². The molecule has 1 heterocycles. The third-order valence-electron chi connectivity index (χ3n) is 5.08. The highest BCUT2D eigenvalue weighted by Crippen LogP contribution is 2.42. The number of nitrogens with zero attached hydrogens (tertiary/aromatic N) is 2. The topological polar surface area (TPSA) is 27.1 Å². The Morgan fingerprint density at radius 1 is 1.22 bits per heavy atom. The maximum Gasteiger partial charge on any atom is 0.122 e. The van der Waals surface area contributed by atoms with Crippen molar-refractivity contribution in [2.24, 2.45) is 5.92 Å². The summed E-state index contributed by atoms with van der Waals surface area (Å²) in [7, 11) is 1.73. The van der Waals surface area contributed by atoms with E-state index in [0.29, 0.717) is 6.04 Å². The molecule has 1 aromatic carbocycles. The van der Waals surface area contributed by atoms with Crippen LogP contribution in [0.4, 0.5) is 0 Å². The number of hydrogen-bond acceptors (Lipinski definition) is 2. The van der Waals surface area contributed by atoms with Gasteiger partial charge in [-0.1, -0.05) is 13.8 Å². The lowest BCUT2D eigenvalue weighted by Gasteiger charge is -2.18. The number of hydrogen-bond donors (Lipinski definition) is 0. The molecule has 1 aromatic heterocycles. The van der Waals surface area contributed by atoms with Crippen LogP contribution in [0.1, 0.15) is 56.1 Å². The number of rotatable bonds is 6. The zero-order valence-electron chi connectivity index (χ0n) is 15.0. The van der Waals surface area contributed by atoms with Gasteiger partial charge in [0.15, 0.2) is 0 Å². The molecule has 3 nitrogen and oxygen atoms in total. The van der Waals surface area contributed by atoms with Crippen LogP contribution in [-0.2, 0) is 6.42 Å². The maximum absolute atomic E-state index is 5.44. The largest absolute Gasteiger partial charge is 0.496 e. The minimum atomic E-state index is 0.617. The van der Waals surface area contributed by atoms with Crippen molar-refractivity contribution in [3.05, 3.63) is 35.3 Å². The fraction of sp³-hybridized carbons (Fsp3) is 0.550. The van der Waals surface area contributed by atoms with Crippen LogP contribution in [0.2, 0.25) is 0 Å². The van der Waals surface area contributed by atoms with E-state index in [2.05, 4.69) is 50.6 Å². The van der Waals surface area contributed by atoms with Crippen molar-refractivity contribution in [2.45, 2.75) is 59.4 Å². The fourth-order valence-electron chi connectivity index (χ4n) is 3.63. The Kier molecular flexibility index (Phi) is 4.47. The Morgan fingerprint density at radius 2 is 1.96 bits per heavy atom. The highest BCUT2D eigenvalue weighted by Gasteiger charge is 2.32. The Bertz CT molecular complexity index is 698. The van der Waals surface area contributed by atoms with Gasteiger partial charge in [-0.15, -0.1) is 0 Å². The molecule has 1 aliphatic carbocycles. The van der Waals surface area contributed by atoms with E-state index in [1.807, 2.05) is 0 Å². The van der Waals surface area contributed by atoms with Crippen molar-refractivity contribution in [2.75, 3.05) is 7.11 Å². The summed E-state index contributed by atoms with van der Waals surface area (Å²) in [5, 5.41) is 0. The van der Waals surface area contributed by atoms with Gasteiger partial charge in [0.25, 0.3) is 0 Å². The summed E-state index contributed by atoms with van der Waals surface area (Å²) >= 11 is 0. The molecule has 3 heteroatoms. The monoisotopic (exact) mass is 312 g/mol. The zero-order chi connectivity index (χ0) is 16.6. The van der Waals surface area contributed by atoms with Gasteiger partial charge in [0.1, 0.15) is 11.6 Å². The van der Waals surface area contributed by atoms with Crippen LogP contribution in [0.3, 0.4) is 0 Å². The molecule has 3 rings (SSSR count). The van der Waals surface area contributed by atoms with Crippen molar-refractivity contribution in [1.82, 2.24) is 9.55 Å². The smallest absolute Gasteiger partial charge is 0.122 e. The van der Waals surface area contributed by atoms with Gasteiger partial charge in [0, 0.05) is 24.2 Å². The summed E-state index contributed by atoms with van der Waals surface area (Å²) in [5.41, 5.74) is 4.71. The number of aromatic nitrogens is 2. The SMILES string of the molecule is CCc1nc(-c2cc(C)c(OC)cc2C)cn1C(CC)C1CC1. The van der Waals surface area contributed by atoms with Crippen LogP contribution in [-0.4, -0.2) is 16.7 Å². The summed E-state index contributed by atoms with van der Waals surface area (Å²) in [6.07, 6.45) is 7.19. The van der Waals surface area contributed by atoms with Gasteiger partial charge in [-0.05, 0) is 62.3 Å². The van der Waals surface area contributed by atoms with E-state index >= 15 is 0 Å². The molecule has 1 unspecified atom stereocenters. The average Bonchev–Trinajstić information content (AvgIpc) is 3.29. The third kappa shape index (κ3) is 3.01. The maximum atomic E-state index is 5.44. The normalized spacial score (nSPS) is 15.7. The van der Waals surface area contributed by atoms with Gasteiger partial charge in [0.05, 0.1) is 12.8 Å². The summed E-state index contributed by atoms with van der Waals surface area (Å²) in [6, 6.07) is 4.94. The molecule has 1 fully saturated rings. The second kappa shape index (κ2) is 6.38. The summed E-state index contributed by atoms with van der Waals surface area (Å²) in [6.45, 7) is 8.73. The minimum Gasteiger partial charge on any atom is -0.496 e. The molecular weight excluding hydrogens is 284 g/mol. The molecule has 0 bridgehead atoms. The first-order valence-electron chi connectivity index (χ1n) is 8.82. The minimum absolute atomic E-state index is 0.617. The standard InChI is InChI=1S/C20H28N2O/c1-6-18(15-8-9-15)22-12-17(21-20(22)7-2)16-10-14(4)19(23-5)11-13(16)3/h10-12,15,18H,6-9H2,1-5H3. The fourth-order valence-corrected chi connectivity index (χ4v) is 3.63. The molecule has 0 N–H and O–H groups in total. The van der Waals surface area contributed by atoms with Crippen molar-refractivity contribution >= 4 is 0 Å². The molecule has 0 aliphatic heterocycles. The Morgan fingerprint density at radius 3 is 2.52 bits per heavy atom. The quantitative estimate of drug-likeness (QED) is 0.742. The number of methoxy groups -OCH3 is 1. The second-order valence-corrected chi connectivity index (χ2v) is 6.75. The van der Waals surface area contributed by atoms with Gasteiger partial charge in [-0.3, -0.25) is 0 Å². The lowest BCUT2D eigenvalue weighted by Crippen LogP contribution is -2.12. The molecule has 124 valence electrons. The lowest BCUT2D eigenvalue weighted by molar-refractivity contribution is 0.411. The molecule has 0 radical (unpaired) electrons. The van der Waals surface area contributed by atoms with E-state index in [-0.39, 0.29) is 0 Å². The van der Waals surface area contributed by atoms with Crippen molar-refractivity contribution in [1.29, 1.82) is 0 Å². The molecule has 1 aliphatic rings. The van der Waals surface area contributed by atoms with Gasteiger partial charge < -0.3 is 9.30 Å². The highest BCUT2D eigenvalue weighted by molar-refractivity contribution is 5.66. The number of imidazole rings is 1. The molecule has 23 heavy (non-hydrogen) atoms. The predicted octanol–water partition coefficient (Wildman–Crippen LogP) is 5.10. The molecule has 0 saturated heterocycles. The first kappa shape index (κ1) is 16.1. The number of benzene rings is 1. The summed E-state index contributed by atoms with van der Waals surface area (Å²) in [4.78, 5) is 4.96. The average molecular weight is 312 g/mol. The molecular formula is C20H28N2O. The Hall–Kier alpha value is -1.77. The zero-order valence-corrected chi connectivity index (χ0v) is 15.0. The van der Waals surface area contributed by atoms with E-state index in [1.54, 1.807) is 7.11 Å². The lowest BCUT2D eigenvalue weighted by atomic mass is 10.0. The molecule has 0 amide bonds. The van der Waals surface area contributed by atoms with Crippen LogP contribution >= 0.6 is 0 Å². The number of aryl methyl sites for hydroxylation is 3. The third-order valence-corrected chi connectivity index (χ3v) is 5.08. The molecule has 2 aromatic rings. The second-order valence-electron chi connectivity index (χ2n) is 6.75. The van der Waals surface area contributed by atoms with Crippen LogP contribution in [0.5, 0.6) is 5.75 Å². The van der Waals surface area contributed by atoms with E-state index in [0.717, 1.165) is 29.3 Å². The van der Waals surface area contributed by atoms with Crippen molar-refractivity contribution in [3.63, 3.8) is 0 Å². The predicted molar refractivity (Wildman–Crippen MR) is 95.1 cm³/mol. The molecule has 0 spiro atoms. The van der Waals surface area contributed by atoms with Crippen LogP contribution in [0.25, 0.3) is 11.3 Å².